The van der Waals surface area contributed by atoms with E-state index in [1.807, 2.05) is 0 Å². The van der Waals surface area contributed by atoms with Crippen molar-refractivity contribution < 1.29 is 14.7 Å². The molecule has 1 amide bonds. The standard InChI is InChI=1S/C10H11N5O3S3/c11-4-6(16)15-5(8(17)18)3(1-19-7(4)15)2-20-10-14-13-9(12)21-10/h4,7H,1-2,11H2,(H2,12,13)(H,17,18)/t4?,7-/m0/s1. The van der Waals surface area contributed by atoms with E-state index >= 15 is 0 Å². The molecule has 3 heterocycles. The number of nitrogens with zero attached hydrogens (tertiary/aromatic N) is 3. The first kappa shape index (κ1) is 14.6. The molecule has 112 valence electrons. The van der Waals surface area contributed by atoms with Gasteiger partial charge in [0.25, 0.3) is 0 Å². The number of rotatable bonds is 4. The van der Waals surface area contributed by atoms with Crippen molar-refractivity contribution in [2.45, 2.75) is 15.8 Å². The van der Waals surface area contributed by atoms with Gasteiger partial charge in [-0.3, -0.25) is 9.69 Å². The number of β-lactam (4-membered cyclic amide) rings is 1. The number of carboxylic acids is 1. The van der Waals surface area contributed by atoms with E-state index in [1.165, 1.54) is 39.8 Å². The molecule has 1 saturated heterocycles. The monoisotopic (exact) mass is 345 g/mol. The van der Waals surface area contributed by atoms with Crippen molar-refractivity contribution in [2.75, 3.05) is 17.2 Å². The summed E-state index contributed by atoms with van der Waals surface area (Å²) in [7, 11) is 0. The number of thioether (sulfide) groups is 2. The predicted octanol–water partition coefficient (Wildman–Crippen LogP) is -0.207. The first-order chi connectivity index (χ1) is 9.99. The molecule has 1 aromatic heterocycles. The van der Waals surface area contributed by atoms with Crippen LogP contribution in [0.5, 0.6) is 0 Å². The van der Waals surface area contributed by atoms with E-state index in [0.717, 1.165) is 0 Å². The lowest BCUT2D eigenvalue weighted by Crippen LogP contribution is -2.68. The molecule has 2 aliphatic heterocycles. The van der Waals surface area contributed by atoms with Crippen molar-refractivity contribution in [1.82, 2.24) is 15.1 Å². The van der Waals surface area contributed by atoms with E-state index in [-0.39, 0.29) is 17.0 Å². The molecule has 1 fully saturated rings. The van der Waals surface area contributed by atoms with Crippen LogP contribution in [0.4, 0.5) is 5.13 Å². The van der Waals surface area contributed by atoms with E-state index in [0.29, 0.717) is 26.6 Å². The van der Waals surface area contributed by atoms with Gasteiger partial charge in [0.05, 0.1) is 0 Å². The van der Waals surface area contributed by atoms with Gasteiger partial charge in [-0.2, -0.15) is 0 Å². The summed E-state index contributed by atoms with van der Waals surface area (Å²) in [6.45, 7) is 0. The van der Waals surface area contributed by atoms with E-state index in [4.69, 9.17) is 11.5 Å². The molecule has 2 aliphatic rings. The van der Waals surface area contributed by atoms with Gasteiger partial charge >= 0.3 is 5.97 Å². The van der Waals surface area contributed by atoms with Crippen LogP contribution in [0.25, 0.3) is 0 Å². The topological polar surface area (TPSA) is 135 Å². The minimum absolute atomic E-state index is 0.0513. The Morgan fingerprint density at radius 2 is 2.29 bits per heavy atom. The average Bonchev–Trinajstić information content (AvgIpc) is 2.88. The van der Waals surface area contributed by atoms with Gasteiger partial charge in [0.1, 0.15) is 17.1 Å². The fraction of sp³-hybridized carbons (Fsp3) is 0.400. The molecule has 2 atom stereocenters. The quantitative estimate of drug-likeness (QED) is 0.500. The Bertz CT molecular complexity index is 646. The third kappa shape index (κ3) is 2.50. The van der Waals surface area contributed by atoms with Crippen LogP contribution < -0.4 is 11.5 Å². The number of nitrogens with two attached hydrogens (primary N) is 2. The fourth-order valence-electron chi connectivity index (χ4n) is 2.12. The number of carbonyl (C=O) groups is 2. The lowest BCUT2D eigenvalue weighted by atomic mass is 10.0. The number of carbonyl (C=O) groups excluding carboxylic acids is 1. The zero-order chi connectivity index (χ0) is 15.1. The maximum Gasteiger partial charge on any atom is 0.352 e. The second-order valence-corrected chi connectivity index (χ2v) is 7.72. The summed E-state index contributed by atoms with van der Waals surface area (Å²) in [5, 5.41) is 17.1. The predicted molar refractivity (Wildman–Crippen MR) is 80.8 cm³/mol. The molecule has 0 spiro atoms. The van der Waals surface area contributed by atoms with Crippen molar-refractivity contribution in [2.24, 2.45) is 5.73 Å². The van der Waals surface area contributed by atoms with E-state index in [9.17, 15) is 14.7 Å². The summed E-state index contributed by atoms with van der Waals surface area (Å²) in [6, 6.07) is -0.610. The number of fused-ring (bicyclic) bond motifs is 1. The van der Waals surface area contributed by atoms with Crippen LogP contribution >= 0.6 is 34.9 Å². The Kier molecular flexibility index (Phi) is 3.82. The summed E-state index contributed by atoms with van der Waals surface area (Å²) in [5.41, 5.74) is 11.9. The first-order valence-corrected chi connectivity index (χ1v) is 8.71. The minimum Gasteiger partial charge on any atom is -0.477 e. The van der Waals surface area contributed by atoms with Crippen LogP contribution in [-0.2, 0) is 9.59 Å². The van der Waals surface area contributed by atoms with Crippen molar-refractivity contribution in [3.8, 4) is 0 Å². The van der Waals surface area contributed by atoms with Crippen molar-refractivity contribution >= 4 is 51.9 Å². The maximum atomic E-state index is 11.8. The van der Waals surface area contributed by atoms with Crippen LogP contribution in [0.15, 0.2) is 15.6 Å². The zero-order valence-electron chi connectivity index (χ0n) is 10.6. The van der Waals surface area contributed by atoms with Gasteiger partial charge in [0, 0.05) is 11.5 Å². The summed E-state index contributed by atoms with van der Waals surface area (Å²) < 4.78 is 0.670. The number of hydrogen-bond acceptors (Lipinski definition) is 9. The molecule has 3 rings (SSSR count). The average molecular weight is 345 g/mol. The summed E-state index contributed by atoms with van der Waals surface area (Å²) in [6.07, 6.45) is 0. The second-order valence-electron chi connectivity index (χ2n) is 4.39. The molecule has 1 unspecified atom stereocenters. The maximum absolute atomic E-state index is 11.8. The molecule has 0 saturated carbocycles. The third-order valence-corrected chi connectivity index (χ3v) is 6.42. The molecule has 1 aromatic rings. The molecule has 0 bridgehead atoms. The number of amides is 1. The third-order valence-electron chi connectivity index (χ3n) is 3.08. The number of aromatic nitrogens is 2. The van der Waals surface area contributed by atoms with Gasteiger partial charge in [0.15, 0.2) is 4.34 Å². The van der Waals surface area contributed by atoms with Crippen molar-refractivity contribution in [1.29, 1.82) is 0 Å². The second kappa shape index (κ2) is 5.48. The molecule has 21 heavy (non-hydrogen) atoms. The normalized spacial score (nSPS) is 24.8. The van der Waals surface area contributed by atoms with Crippen LogP contribution in [0, 0.1) is 0 Å². The highest BCUT2D eigenvalue weighted by Crippen LogP contribution is 2.40. The lowest BCUT2D eigenvalue weighted by molar-refractivity contribution is -0.147. The Labute approximate surface area is 132 Å². The van der Waals surface area contributed by atoms with Gasteiger partial charge in [-0.15, -0.1) is 22.0 Å². The van der Waals surface area contributed by atoms with E-state index in [2.05, 4.69) is 10.2 Å². The summed E-state index contributed by atoms with van der Waals surface area (Å²) in [4.78, 5) is 24.5. The minimum atomic E-state index is -1.10. The van der Waals surface area contributed by atoms with Gasteiger partial charge in [-0.1, -0.05) is 23.1 Å². The number of anilines is 1. The molecule has 8 nitrogen and oxygen atoms in total. The van der Waals surface area contributed by atoms with Gasteiger partial charge in [0.2, 0.25) is 11.0 Å². The fourth-order valence-corrected chi connectivity index (χ4v) is 5.19. The summed E-state index contributed by atoms with van der Waals surface area (Å²) in [5.74, 6) is -0.486. The Morgan fingerprint density at radius 1 is 1.52 bits per heavy atom. The van der Waals surface area contributed by atoms with Crippen LogP contribution in [-0.4, -0.2) is 55.0 Å². The number of carboxylic acid groups (broad SMARTS) is 1. The molecule has 0 aromatic carbocycles. The first-order valence-electron chi connectivity index (χ1n) is 5.86. The van der Waals surface area contributed by atoms with E-state index < -0.39 is 12.0 Å². The Balaban J connectivity index is 1.81. The van der Waals surface area contributed by atoms with Crippen LogP contribution in [0.3, 0.4) is 0 Å². The highest BCUT2D eigenvalue weighted by Gasteiger charge is 2.51. The summed E-state index contributed by atoms with van der Waals surface area (Å²) >= 11 is 4.09. The highest BCUT2D eigenvalue weighted by atomic mass is 32.2. The zero-order valence-corrected chi connectivity index (χ0v) is 13.0. The van der Waals surface area contributed by atoms with Crippen LogP contribution in [0.1, 0.15) is 0 Å². The molecule has 0 radical (unpaired) electrons. The van der Waals surface area contributed by atoms with Gasteiger partial charge in [-0.25, -0.2) is 4.79 Å². The largest absolute Gasteiger partial charge is 0.477 e. The number of aliphatic carboxylic acids is 1. The number of nitrogen functional groups attached to an aromatic ring is 1. The highest BCUT2D eigenvalue weighted by molar-refractivity contribution is 8.01. The Morgan fingerprint density at radius 3 is 2.90 bits per heavy atom. The van der Waals surface area contributed by atoms with Crippen LogP contribution in [0.2, 0.25) is 0 Å². The van der Waals surface area contributed by atoms with Gasteiger partial charge < -0.3 is 16.6 Å². The molecular weight excluding hydrogens is 334 g/mol. The van der Waals surface area contributed by atoms with Crippen molar-refractivity contribution in [3.05, 3.63) is 11.3 Å². The number of hydrogen-bond donors (Lipinski definition) is 3. The molecule has 11 heteroatoms. The molecule has 0 aliphatic carbocycles. The van der Waals surface area contributed by atoms with E-state index in [1.54, 1.807) is 0 Å². The SMILES string of the molecule is Nc1nnc(SCC2=C(C(=O)O)N3C(=O)C(N)[C@@H]3SC2)s1. The lowest BCUT2D eigenvalue weighted by Gasteiger charge is -2.48. The smallest absolute Gasteiger partial charge is 0.352 e. The molecule has 5 N–H and O–H groups in total. The molecular formula is C10H11N5O3S3. The van der Waals surface area contributed by atoms with Crippen molar-refractivity contribution in [3.63, 3.8) is 0 Å². The Hall–Kier alpha value is -1.30. The van der Waals surface area contributed by atoms with Gasteiger partial charge in [-0.05, 0) is 5.57 Å².